The van der Waals surface area contributed by atoms with Crippen LogP contribution in [0.25, 0.3) is 0 Å². The van der Waals surface area contributed by atoms with Gasteiger partial charge in [-0.1, -0.05) is 41.4 Å². The van der Waals surface area contributed by atoms with E-state index in [0.717, 1.165) is 16.1 Å². The van der Waals surface area contributed by atoms with Crippen molar-refractivity contribution in [2.24, 2.45) is 5.10 Å². The molecule has 0 unspecified atom stereocenters. The Morgan fingerprint density at radius 1 is 1.31 bits per heavy atom. The third-order valence-corrected chi connectivity index (χ3v) is 5.18. The van der Waals surface area contributed by atoms with Gasteiger partial charge in [-0.25, -0.2) is 10.1 Å². The fourth-order valence-electron chi connectivity index (χ4n) is 2.36. The molecule has 0 saturated heterocycles. The van der Waals surface area contributed by atoms with Crippen molar-refractivity contribution < 1.29 is 4.79 Å². The fraction of sp³-hybridized carbons (Fsp3) is 0.167. The molecule has 26 heavy (non-hydrogen) atoms. The smallest absolute Gasteiger partial charge is 0.245 e. The lowest BCUT2D eigenvalue weighted by molar-refractivity contribution is -0.120. The molecule has 3 rings (SSSR count). The summed E-state index contributed by atoms with van der Waals surface area (Å²) >= 11 is 13.9. The first-order valence-electron chi connectivity index (χ1n) is 7.84. The Morgan fingerprint density at radius 2 is 2.08 bits per heavy atom. The standard InChI is InChI=1S/C18H16Cl2N4OS/c1-12-16(10-21-22-17(25)9-15-3-2-8-26-15)18(20)24(23-12)11-13-4-6-14(19)7-5-13/h2-8,10H,9,11H2,1H3,(H,22,25)/b21-10+. The highest BCUT2D eigenvalue weighted by Gasteiger charge is 2.12. The first kappa shape index (κ1) is 18.6. The van der Waals surface area contributed by atoms with Gasteiger partial charge in [0.2, 0.25) is 5.91 Å². The molecule has 0 aliphatic heterocycles. The second-order valence-electron chi connectivity index (χ2n) is 5.62. The number of benzene rings is 1. The van der Waals surface area contributed by atoms with E-state index in [2.05, 4.69) is 15.6 Å². The molecule has 134 valence electrons. The Morgan fingerprint density at radius 3 is 2.77 bits per heavy atom. The van der Waals surface area contributed by atoms with Crippen LogP contribution < -0.4 is 5.43 Å². The Labute approximate surface area is 165 Å². The van der Waals surface area contributed by atoms with Crippen LogP contribution in [-0.2, 0) is 17.8 Å². The van der Waals surface area contributed by atoms with Gasteiger partial charge in [-0.3, -0.25) is 4.79 Å². The number of hydrogen-bond acceptors (Lipinski definition) is 4. The van der Waals surface area contributed by atoms with Gasteiger partial charge in [0.25, 0.3) is 0 Å². The summed E-state index contributed by atoms with van der Waals surface area (Å²) in [5, 5.41) is 11.5. The van der Waals surface area contributed by atoms with E-state index < -0.39 is 0 Å². The van der Waals surface area contributed by atoms with Gasteiger partial charge in [0, 0.05) is 9.90 Å². The van der Waals surface area contributed by atoms with Gasteiger partial charge in [-0.2, -0.15) is 10.2 Å². The molecule has 1 amide bonds. The van der Waals surface area contributed by atoms with Crippen LogP contribution >= 0.6 is 34.5 Å². The van der Waals surface area contributed by atoms with Crippen LogP contribution in [0.2, 0.25) is 10.2 Å². The number of rotatable bonds is 6. The highest BCUT2D eigenvalue weighted by Crippen LogP contribution is 2.20. The van der Waals surface area contributed by atoms with Crippen LogP contribution in [-0.4, -0.2) is 21.9 Å². The number of aromatic nitrogens is 2. The van der Waals surface area contributed by atoms with Gasteiger partial charge in [0.05, 0.1) is 30.4 Å². The molecule has 0 radical (unpaired) electrons. The Kier molecular flexibility index (Phi) is 6.08. The summed E-state index contributed by atoms with van der Waals surface area (Å²) in [7, 11) is 0. The van der Waals surface area contributed by atoms with Crippen molar-refractivity contribution in [3.8, 4) is 0 Å². The largest absolute Gasteiger partial charge is 0.273 e. The van der Waals surface area contributed by atoms with Crippen molar-refractivity contribution >= 4 is 46.7 Å². The molecule has 2 aromatic heterocycles. The van der Waals surface area contributed by atoms with Crippen molar-refractivity contribution in [2.75, 3.05) is 0 Å². The summed E-state index contributed by atoms with van der Waals surface area (Å²) in [4.78, 5) is 12.9. The number of nitrogens with zero attached hydrogens (tertiary/aromatic N) is 3. The molecular formula is C18H16Cl2N4OS. The number of hydrogen-bond donors (Lipinski definition) is 1. The summed E-state index contributed by atoms with van der Waals surface area (Å²) in [6.45, 7) is 2.37. The number of carbonyl (C=O) groups is 1. The van der Waals surface area contributed by atoms with E-state index in [1.165, 1.54) is 17.6 Å². The number of halogens is 2. The number of amides is 1. The third kappa shape index (κ3) is 4.72. The second kappa shape index (κ2) is 8.49. The Hall–Kier alpha value is -2.15. The number of aryl methyl sites for hydroxylation is 1. The molecule has 8 heteroatoms. The van der Waals surface area contributed by atoms with Crippen LogP contribution in [0.4, 0.5) is 0 Å². The van der Waals surface area contributed by atoms with Crippen LogP contribution in [0, 0.1) is 6.92 Å². The molecule has 1 N–H and O–H groups in total. The zero-order chi connectivity index (χ0) is 18.5. The quantitative estimate of drug-likeness (QED) is 0.489. The van der Waals surface area contributed by atoms with Crippen molar-refractivity contribution in [3.05, 3.63) is 73.7 Å². The highest BCUT2D eigenvalue weighted by molar-refractivity contribution is 7.10. The van der Waals surface area contributed by atoms with Gasteiger partial charge >= 0.3 is 0 Å². The molecule has 0 atom stereocenters. The summed E-state index contributed by atoms with van der Waals surface area (Å²) in [5.41, 5.74) is 4.96. The van der Waals surface area contributed by atoms with Crippen molar-refractivity contribution in [1.82, 2.24) is 15.2 Å². The van der Waals surface area contributed by atoms with Crippen LogP contribution in [0.1, 0.15) is 21.7 Å². The van der Waals surface area contributed by atoms with Gasteiger partial charge < -0.3 is 0 Å². The normalized spacial score (nSPS) is 11.2. The maximum atomic E-state index is 11.9. The van der Waals surface area contributed by atoms with Gasteiger partial charge in [0.15, 0.2) is 0 Å². The first-order chi connectivity index (χ1) is 12.5. The molecule has 0 fully saturated rings. The number of nitrogens with one attached hydrogen (secondary N) is 1. The first-order valence-corrected chi connectivity index (χ1v) is 9.48. The average molecular weight is 407 g/mol. The molecular weight excluding hydrogens is 391 g/mol. The van der Waals surface area contributed by atoms with Crippen LogP contribution in [0.15, 0.2) is 46.9 Å². The molecule has 0 aliphatic rings. The Bertz CT molecular complexity index is 918. The zero-order valence-corrected chi connectivity index (χ0v) is 16.3. The molecule has 1 aromatic carbocycles. The van der Waals surface area contributed by atoms with E-state index in [0.29, 0.717) is 28.7 Å². The summed E-state index contributed by atoms with van der Waals surface area (Å²) in [6.07, 6.45) is 1.83. The second-order valence-corrected chi connectivity index (χ2v) is 7.45. The monoisotopic (exact) mass is 406 g/mol. The van der Waals surface area contributed by atoms with Crippen molar-refractivity contribution in [1.29, 1.82) is 0 Å². The Balaban J connectivity index is 1.65. The summed E-state index contributed by atoms with van der Waals surface area (Å²) < 4.78 is 1.69. The summed E-state index contributed by atoms with van der Waals surface area (Å²) in [6, 6.07) is 11.3. The predicted molar refractivity (Wildman–Crippen MR) is 106 cm³/mol. The lowest BCUT2D eigenvalue weighted by atomic mass is 10.2. The minimum absolute atomic E-state index is 0.175. The maximum Gasteiger partial charge on any atom is 0.245 e. The minimum Gasteiger partial charge on any atom is -0.273 e. The number of carbonyl (C=O) groups excluding carboxylic acids is 1. The molecule has 2 heterocycles. The van der Waals surface area contributed by atoms with E-state index in [9.17, 15) is 4.79 Å². The topological polar surface area (TPSA) is 59.3 Å². The zero-order valence-electron chi connectivity index (χ0n) is 13.9. The number of hydrazone groups is 1. The third-order valence-electron chi connectivity index (χ3n) is 3.65. The van der Waals surface area contributed by atoms with E-state index >= 15 is 0 Å². The lowest BCUT2D eigenvalue weighted by Gasteiger charge is -2.03. The summed E-state index contributed by atoms with van der Waals surface area (Å²) in [5.74, 6) is -0.175. The van der Waals surface area contributed by atoms with Gasteiger partial charge in [-0.05, 0) is 36.1 Å². The average Bonchev–Trinajstić information content (AvgIpc) is 3.20. The van der Waals surface area contributed by atoms with E-state index in [1.807, 2.05) is 48.7 Å². The van der Waals surface area contributed by atoms with E-state index in [4.69, 9.17) is 23.2 Å². The molecule has 0 aliphatic carbocycles. The lowest BCUT2D eigenvalue weighted by Crippen LogP contribution is -2.19. The van der Waals surface area contributed by atoms with Gasteiger partial charge in [0.1, 0.15) is 5.15 Å². The SMILES string of the molecule is Cc1nn(Cc2ccc(Cl)cc2)c(Cl)c1/C=N/NC(=O)Cc1cccs1. The van der Waals surface area contributed by atoms with Crippen molar-refractivity contribution in [3.63, 3.8) is 0 Å². The highest BCUT2D eigenvalue weighted by atomic mass is 35.5. The van der Waals surface area contributed by atoms with Gasteiger partial charge in [-0.15, -0.1) is 11.3 Å². The fourth-order valence-corrected chi connectivity index (χ4v) is 3.47. The number of thiophene rings is 1. The van der Waals surface area contributed by atoms with Crippen molar-refractivity contribution in [2.45, 2.75) is 19.9 Å². The maximum absolute atomic E-state index is 11.9. The molecule has 3 aromatic rings. The van der Waals surface area contributed by atoms with E-state index in [-0.39, 0.29) is 5.91 Å². The van der Waals surface area contributed by atoms with Crippen LogP contribution in [0.5, 0.6) is 0 Å². The molecule has 5 nitrogen and oxygen atoms in total. The molecule has 0 bridgehead atoms. The minimum atomic E-state index is -0.175. The molecule has 0 saturated carbocycles. The van der Waals surface area contributed by atoms with E-state index in [1.54, 1.807) is 4.68 Å². The molecule has 0 spiro atoms. The predicted octanol–water partition coefficient (Wildman–Crippen LogP) is 4.30. The van der Waals surface area contributed by atoms with Crippen LogP contribution in [0.3, 0.4) is 0 Å².